The summed E-state index contributed by atoms with van der Waals surface area (Å²) in [5.41, 5.74) is 4.91. The third-order valence-electron chi connectivity index (χ3n) is 6.86. The van der Waals surface area contributed by atoms with Gasteiger partial charge in [0.1, 0.15) is 54.9 Å². The van der Waals surface area contributed by atoms with Crippen LogP contribution in [-0.2, 0) is 0 Å². The first-order chi connectivity index (χ1) is 16.7. The van der Waals surface area contributed by atoms with E-state index in [2.05, 4.69) is 15.5 Å². The molecule has 0 bridgehead atoms. The van der Waals surface area contributed by atoms with E-state index in [1.807, 2.05) is 48.7 Å². The van der Waals surface area contributed by atoms with Gasteiger partial charge in [0.25, 0.3) is 5.82 Å². The summed E-state index contributed by atoms with van der Waals surface area (Å²) in [6.07, 6.45) is 3.83. The number of fused-ring (bicyclic) bond motifs is 3. The van der Waals surface area contributed by atoms with Gasteiger partial charge in [0, 0.05) is 23.5 Å². The van der Waals surface area contributed by atoms with Gasteiger partial charge in [-0.1, -0.05) is 0 Å². The average molecular weight is 546 g/mol. The third kappa shape index (κ3) is 5.44. The van der Waals surface area contributed by atoms with E-state index in [9.17, 15) is 8.78 Å². The molecule has 6 rings (SSSR count). The fraction of sp³-hybridized carbons (Fsp3) is 0.185. The van der Waals surface area contributed by atoms with E-state index in [4.69, 9.17) is 4.98 Å². The van der Waals surface area contributed by atoms with Gasteiger partial charge in [-0.3, -0.25) is 9.30 Å². The van der Waals surface area contributed by atoms with Crippen LogP contribution in [0.5, 0.6) is 0 Å². The summed E-state index contributed by atoms with van der Waals surface area (Å²) in [5.74, 6) is 0.544. The normalized spacial score (nSPS) is 17.2. The second kappa shape index (κ2) is 11.9. The molecule has 37 heavy (non-hydrogen) atoms. The number of aromatic nitrogens is 3. The number of benzene rings is 2. The number of piperazine rings is 1. The van der Waals surface area contributed by atoms with Gasteiger partial charge in [-0.05, 0) is 72.8 Å². The summed E-state index contributed by atoms with van der Waals surface area (Å²) in [6.45, 7) is 3.64. The Hall–Kier alpha value is -3.14. The van der Waals surface area contributed by atoms with E-state index < -0.39 is 0 Å². The topological polar surface area (TPSA) is 70.6 Å². The zero-order valence-electron chi connectivity index (χ0n) is 19.8. The van der Waals surface area contributed by atoms with Crippen LogP contribution in [0.25, 0.3) is 16.7 Å². The summed E-state index contributed by atoms with van der Waals surface area (Å²) >= 11 is 0. The van der Waals surface area contributed by atoms with Gasteiger partial charge < -0.3 is 35.2 Å². The largest absolute Gasteiger partial charge is 1.00 e. The minimum atomic E-state index is -0.251. The molecule has 5 aromatic rings. The van der Waals surface area contributed by atoms with Crippen LogP contribution in [0.15, 0.2) is 85.2 Å². The Balaban J connectivity index is 0.00000127. The van der Waals surface area contributed by atoms with Crippen molar-refractivity contribution >= 4 is 22.5 Å². The molecule has 0 amide bonds. The molecule has 2 aromatic carbocycles. The number of nitrogens with one attached hydrogen (secondary N) is 2. The van der Waals surface area contributed by atoms with Crippen LogP contribution in [0.1, 0.15) is 17.2 Å². The molecule has 1 saturated heterocycles. The van der Waals surface area contributed by atoms with E-state index in [0.717, 1.165) is 59.8 Å². The first-order valence-electron chi connectivity index (χ1n) is 11.6. The molecule has 10 heteroatoms. The van der Waals surface area contributed by atoms with Crippen molar-refractivity contribution < 1.29 is 48.9 Å². The number of pyridine rings is 1. The molecule has 4 heterocycles. The zero-order chi connectivity index (χ0) is 23.1. The van der Waals surface area contributed by atoms with Crippen LogP contribution in [-0.4, -0.2) is 46.0 Å². The van der Waals surface area contributed by atoms with Gasteiger partial charge >= 0.3 is 0 Å². The molecule has 1 aliphatic rings. The summed E-state index contributed by atoms with van der Waals surface area (Å²) in [5, 5.41) is 0. The first-order valence-corrected chi connectivity index (χ1v) is 11.6. The lowest BCUT2D eigenvalue weighted by Gasteiger charge is -2.34. The van der Waals surface area contributed by atoms with Gasteiger partial charge in [-0.2, -0.15) is 4.98 Å². The molecule has 0 spiro atoms. The molecule has 0 aliphatic carbocycles. The van der Waals surface area contributed by atoms with Crippen molar-refractivity contribution in [3.63, 3.8) is 0 Å². The standard InChI is InChI=1S/C27H23F2N5.2ClH.H2O/c28-21-9-5-19(6-10-21)25(20-7-11-22(29)12-8-20)32-15-17-33(18-16-32)27-24-4-2-14-34(24)26-23(31-27)3-1-13-30-26;;;/h1-14,25H,15-18H2;2*1H;1H2. The number of quaternary nitrogens is 2. The smallest absolute Gasteiger partial charge is 0.251 e. The Morgan fingerprint density at radius 2 is 1.35 bits per heavy atom. The number of nitrogens with zero attached hydrogens (tertiary/aromatic N) is 3. The minimum Gasteiger partial charge on any atom is -1.00 e. The predicted molar refractivity (Wildman–Crippen MR) is 130 cm³/mol. The first kappa shape index (κ1) is 28.4. The van der Waals surface area contributed by atoms with Gasteiger partial charge in [0.05, 0.1) is 0 Å². The van der Waals surface area contributed by atoms with Crippen LogP contribution in [0.3, 0.4) is 0 Å². The molecule has 3 aromatic heterocycles. The second-order valence-corrected chi connectivity index (χ2v) is 8.87. The Bertz CT molecular complexity index is 1410. The van der Waals surface area contributed by atoms with Gasteiger partial charge in [0.2, 0.25) is 0 Å². The SMILES string of the molecule is Fc1ccc(C(c2ccc(F)cc2)[NH+]2CC[NH+](c3nc4cccnc4n4cccc34)CC2)cc1.O.[Cl-].[Cl-]. The van der Waals surface area contributed by atoms with Crippen molar-refractivity contribution in [2.75, 3.05) is 26.2 Å². The van der Waals surface area contributed by atoms with E-state index in [0.29, 0.717) is 0 Å². The number of halogens is 4. The van der Waals surface area contributed by atoms with Gasteiger partial charge in [0.15, 0.2) is 5.65 Å². The van der Waals surface area contributed by atoms with Crippen molar-refractivity contribution in [2.45, 2.75) is 6.04 Å². The maximum absolute atomic E-state index is 13.6. The van der Waals surface area contributed by atoms with E-state index >= 15 is 0 Å². The van der Waals surface area contributed by atoms with Crippen molar-refractivity contribution in [3.8, 4) is 0 Å². The molecule has 0 radical (unpaired) electrons. The Morgan fingerprint density at radius 1 is 0.757 bits per heavy atom. The second-order valence-electron chi connectivity index (χ2n) is 8.87. The van der Waals surface area contributed by atoms with Crippen molar-refractivity contribution in [2.24, 2.45) is 0 Å². The molecule has 194 valence electrons. The fourth-order valence-electron chi connectivity index (χ4n) is 5.23. The molecule has 6 nitrogen and oxygen atoms in total. The van der Waals surface area contributed by atoms with Crippen LogP contribution in [0.2, 0.25) is 0 Å². The van der Waals surface area contributed by atoms with Crippen LogP contribution in [0, 0.1) is 11.6 Å². The van der Waals surface area contributed by atoms with Crippen LogP contribution in [0.4, 0.5) is 14.6 Å². The highest BCUT2D eigenvalue weighted by Crippen LogP contribution is 2.21. The number of rotatable bonds is 4. The highest BCUT2D eigenvalue weighted by molar-refractivity contribution is 5.79. The molecule has 0 atom stereocenters. The predicted octanol–water partition coefficient (Wildman–Crippen LogP) is -4.45. The molecular weight excluding hydrogens is 519 g/mol. The lowest BCUT2D eigenvalue weighted by atomic mass is 9.96. The Morgan fingerprint density at radius 3 is 1.95 bits per heavy atom. The maximum Gasteiger partial charge on any atom is 0.251 e. The van der Waals surface area contributed by atoms with E-state index in [-0.39, 0.29) is 48.0 Å². The van der Waals surface area contributed by atoms with Crippen LogP contribution >= 0.6 is 0 Å². The number of hydrogen-bond acceptors (Lipinski definition) is 2. The van der Waals surface area contributed by atoms with Crippen LogP contribution < -0.4 is 34.6 Å². The van der Waals surface area contributed by atoms with Crippen molar-refractivity contribution in [3.05, 3.63) is 108 Å². The van der Waals surface area contributed by atoms with E-state index in [1.165, 1.54) is 34.1 Å². The minimum absolute atomic E-state index is 0. The van der Waals surface area contributed by atoms with Gasteiger partial charge in [-0.25, -0.2) is 13.8 Å². The zero-order valence-corrected chi connectivity index (χ0v) is 21.4. The van der Waals surface area contributed by atoms with E-state index in [1.54, 1.807) is 6.20 Å². The van der Waals surface area contributed by atoms with Gasteiger partial charge in [-0.15, -0.1) is 0 Å². The number of hydrogen-bond donors (Lipinski definition) is 2. The maximum atomic E-state index is 13.6. The van der Waals surface area contributed by atoms with Crippen molar-refractivity contribution in [1.82, 2.24) is 14.4 Å². The summed E-state index contributed by atoms with van der Waals surface area (Å²) in [4.78, 5) is 12.2. The molecule has 0 saturated carbocycles. The highest BCUT2D eigenvalue weighted by atomic mass is 35.5. The molecule has 0 unspecified atom stereocenters. The average Bonchev–Trinajstić information content (AvgIpc) is 3.37. The lowest BCUT2D eigenvalue weighted by Crippen LogP contribution is -3.26. The molecular formula is C27H27Cl2F2N5O. The third-order valence-corrected chi connectivity index (χ3v) is 6.86. The molecule has 1 aliphatic heterocycles. The summed E-state index contributed by atoms with van der Waals surface area (Å²) in [6, 6.07) is 21.5. The van der Waals surface area contributed by atoms with Crippen molar-refractivity contribution in [1.29, 1.82) is 0 Å². The molecule has 1 fully saturated rings. The Labute approximate surface area is 225 Å². The fourth-order valence-corrected chi connectivity index (χ4v) is 5.23. The highest BCUT2D eigenvalue weighted by Gasteiger charge is 2.34. The Kier molecular flexibility index (Phi) is 9.17. The quantitative estimate of drug-likeness (QED) is 0.239. The summed E-state index contributed by atoms with van der Waals surface area (Å²) in [7, 11) is 0. The lowest BCUT2D eigenvalue weighted by molar-refractivity contribution is -1.00. The monoisotopic (exact) mass is 545 g/mol. The summed E-state index contributed by atoms with van der Waals surface area (Å²) < 4.78 is 29.4. The molecule has 4 N–H and O–H groups in total.